The molecule has 0 spiro atoms. The second-order valence-electron chi connectivity index (χ2n) is 2.12. The molecule has 1 aromatic carbocycles. The molecule has 0 radical (unpaired) electrons. The standard InChI is InChI=1S/C10H9O.Na/c11-9-5-4-8-10-6-2-1-3-7-10;/h1-3,6-7H,5,9H2;/q-1;+1. The van der Waals surface area contributed by atoms with Crippen molar-refractivity contribution in [3.63, 3.8) is 0 Å². The summed E-state index contributed by atoms with van der Waals surface area (Å²) in [5, 5.41) is 10.0. The van der Waals surface area contributed by atoms with Crippen molar-refractivity contribution in [3.8, 4) is 11.8 Å². The van der Waals surface area contributed by atoms with Gasteiger partial charge in [0.25, 0.3) is 0 Å². The van der Waals surface area contributed by atoms with Crippen LogP contribution in [-0.2, 0) is 0 Å². The van der Waals surface area contributed by atoms with E-state index in [9.17, 15) is 5.11 Å². The molecule has 56 valence electrons. The summed E-state index contributed by atoms with van der Waals surface area (Å²) in [6, 6.07) is 9.66. The molecular formula is C10H9NaO. The fraction of sp³-hybridized carbons (Fsp3) is 0.200. The molecule has 0 bridgehead atoms. The van der Waals surface area contributed by atoms with Crippen LogP contribution < -0.4 is 34.7 Å². The molecule has 1 rings (SSSR count). The molecule has 2 heteroatoms. The molecule has 0 saturated heterocycles. The van der Waals surface area contributed by atoms with Gasteiger partial charge in [0.05, 0.1) is 0 Å². The maximum absolute atomic E-state index is 10.0. The van der Waals surface area contributed by atoms with E-state index in [0.29, 0.717) is 6.42 Å². The van der Waals surface area contributed by atoms with Crippen molar-refractivity contribution in [1.82, 2.24) is 0 Å². The molecule has 1 aromatic rings. The molecule has 12 heavy (non-hydrogen) atoms. The Morgan fingerprint density at radius 1 is 1.17 bits per heavy atom. The van der Waals surface area contributed by atoms with Gasteiger partial charge in [-0.1, -0.05) is 30.0 Å². The molecule has 0 atom stereocenters. The van der Waals surface area contributed by atoms with Gasteiger partial charge >= 0.3 is 29.6 Å². The van der Waals surface area contributed by atoms with Gasteiger partial charge in [0.15, 0.2) is 0 Å². The topological polar surface area (TPSA) is 23.1 Å². The molecule has 0 aliphatic carbocycles. The minimum absolute atomic E-state index is 0. The molecule has 0 unspecified atom stereocenters. The first-order chi connectivity index (χ1) is 5.43. The summed E-state index contributed by atoms with van der Waals surface area (Å²) in [6.07, 6.45) is 0.439. The van der Waals surface area contributed by atoms with Crippen LogP contribution in [0.3, 0.4) is 0 Å². The van der Waals surface area contributed by atoms with Crippen LogP contribution in [0.4, 0.5) is 0 Å². The van der Waals surface area contributed by atoms with Crippen molar-refractivity contribution in [2.75, 3.05) is 6.61 Å². The molecule has 0 heterocycles. The first-order valence-electron chi connectivity index (χ1n) is 3.55. The SMILES string of the molecule is [Na+].[O-]CCC#Cc1ccccc1. The Hall–Kier alpha value is -0.260. The Balaban J connectivity index is 0.00000121. The van der Waals surface area contributed by atoms with Gasteiger partial charge in [-0.05, 0) is 18.6 Å². The third-order valence-corrected chi connectivity index (χ3v) is 1.23. The Bertz CT molecular complexity index is 258. The summed E-state index contributed by atoms with van der Waals surface area (Å²) < 4.78 is 0. The maximum Gasteiger partial charge on any atom is 1.00 e. The summed E-state index contributed by atoms with van der Waals surface area (Å²) in [4.78, 5) is 0. The van der Waals surface area contributed by atoms with Gasteiger partial charge in [0, 0.05) is 5.56 Å². The molecular weight excluding hydrogens is 159 g/mol. The van der Waals surface area contributed by atoms with Crippen molar-refractivity contribution < 1.29 is 34.7 Å². The number of benzene rings is 1. The van der Waals surface area contributed by atoms with E-state index >= 15 is 0 Å². The molecule has 0 aliphatic heterocycles. The Labute approximate surface area is 95.1 Å². The van der Waals surface area contributed by atoms with Crippen molar-refractivity contribution in [2.45, 2.75) is 6.42 Å². The first kappa shape index (κ1) is 11.7. The van der Waals surface area contributed by atoms with Crippen LogP contribution >= 0.6 is 0 Å². The Kier molecular flexibility index (Phi) is 7.23. The largest absolute Gasteiger partial charge is 1.00 e. The van der Waals surface area contributed by atoms with Crippen LogP contribution in [0.15, 0.2) is 30.3 Å². The van der Waals surface area contributed by atoms with Crippen molar-refractivity contribution in [3.05, 3.63) is 35.9 Å². The molecule has 0 aliphatic rings. The molecule has 0 amide bonds. The fourth-order valence-corrected chi connectivity index (χ4v) is 0.737. The summed E-state index contributed by atoms with van der Waals surface area (Å²) in [7, 11) is 0. The minimum Gasteiger partial charge on any atom is -0.854 e. The van der Waals surface area contributed by atoms with E-state index in [2.05, 4.69) is 11.8 Å². The Morgan fingerprint density at radius 3 is 2.42 bits per heavy atom. The van der Waals surface area contributed by atoms with Crippen LogP contribution in [0.25, 0.3) is 0 Å². The van der Waals surface area contributed by atoms with E-state index in [1.165, 1.54) is 0 Å². The fourth-order valence-electron chi connectivity index (χ4n) is 0.737. The predicted octanol–water partition coefficient (Wildman–Crippen LogP) is -2.21. The Morgan fingerprint density at radius 2 is 1.83 bits per heavy atom. The zero-order valence-corrected chi connectivity index (χ0v) is 9.21. The van der Waals surface area contributed by atoms with Crippen LogP contribution in [-0.4, -0.2) is 6.61 Å². The number of hydrogen-bond donors (Lipinski definition) is 0. The van der Waals surface area contributed by atoms with E-state index in [0.717, 1.165) is 5.56 Å². The summed E-state index contributed by atoms with van der Waals surface area (Å²) in [6.45, 7) is -0.111. The van der Waals surface area contributed by atoms with Crippen molar-refractivity contribution in [1.29, 1.82) is 0 Å². The van der Waals surface area contributed by atoms with E-state index < -0.39 is 0 Å². The van der Waals surface area contributed by atoms with Gasteiger partial charge < -0.3 is 5.11 Å². The van der Waals surface area contributed by atoms with Crippen LogP contribution in [0, 0.1) is 11.8 Å². The second kappa shape index (κ2) is 7.39. The quantitative estimate of drug-likeness (QED) is 0.344. The van der Waals surface area contributed by atoms with E-state index in [4.69, 9.17) is 0 Å². The minimum atomic E-state index is -0.111. The van der Waals surface area contributed by atoms with Crippen LogP contribution in [0.5, 0.6) is 0 Å². The molecule has 0 aromatic heterocycles. The monoisotopic (exact) mass is 168 g/mol. The normalized spacial score (nSPS) is 7.75. The van der Waals surface area contributed by atoms with Crippen molar-refractivity contribution in [2.24, 2.45) is 0 Å². The summed E-state index contributed by atoms with van der Waals surface area (Å²) >= 11 is 0. The molecule has 0 N–H and O–H groups in total. The first-order valence-corrected chi connectivity index (χ1v) is 3.55. The second-order valence-corrected chi connectivity index (χ2v) is 2.12. The van der Waals surface area contributed by atoms with Gasteiger partial charge in [0.1, 0.15) is 0 Å². The van der Waals surface area contributed by atoms with Gasteiger partial charge in [-0.25, -0.2) is 0 Å². The molecule has 0 saturated carbocycles. The summed E-state index contributed by atoms with van der Waals surface area (Å²) in [5.41, 5.74) is 0.973. The molecule has 0 fully saturated rings. The van der Waals surface area contributed by atoms with E-state index in [1.807, 2.05) is 30.3 Å². The van der Waals surface area contributed by atoms with E-state index in [1.54, 1.807) is 0 Å². The molecule has 1 nitrogen and oxygen atoms in total. The van der Waals surface area contributed by atoms with Gasteiger partial charge in [-0.3, -0.25) is 0 Å². The smallest absolute Gasteiger partial charge is 0.854 e. The average Bonchev–Trinajstić information content (AvgIpc) is 2.07. The van der Waals surface area contributed by atoms with Crippen LogP contribution in [0.2, 0.25) is 0 Å². The number of hydrogen-bond acceptors (Lipinski definition) is 1. The maximum atomic E-state index is 10.0. The van der Waals surface area contributed by atoms with Gasteiger partial charge in [-0.2, -0.15) is 0 Å². The zero-order valence-electron chi connectivity index (χ0n) is 7.21. The van der Waals surface area contributed by atoms with Crippen molar-refractivity contribution >= 4 is 0 Å². The predicted molar refractivity (Wildman–Crippen MR) is 42.8 cm³/mol. The number of rotatable bonds is 1. The van der Waals surface area contributed by atoms with E-state index in [-0.39, 0.29) is 36.2 Å². The third kappa shape index (κ3) is 4.58. The zero-order chi connectivity index (χ0) is 7.94. The van der Waals surface area contributed by atoms with Gasteiger partial charge in [-0.15, -0.1) is 6.61 Å². The van der Waals surface area contributed by atoms with Crippen LogP contribution in [0.1, 0.15) is 12.0 Å². The third-order valence-electron chi connectivity index (χ3n) is 1.23. The average molecular weight is 168 g/mol. The van der Waals surface area contributed by atoms with Gasteiger partial charge in [0.2, 0.25) is 0 Å². The summed E-state index contributed by atoms with van der Waals surface area (Å²) in [5.74, 6) is 5.68.